The summed E-state index contributed by atoms with van der Waals surface area (Å²) < 4.78 is 56.4. The summed E-state index contributed by atoms with van der Waals surface area (Å²) in [5.41, 5.74) is 4.83. The van der Waals surface area contributed by atoms with E-state index in [9.17, 15) is 4.79 Å². The van der Waals surface area contributed by atoms with Gasteiger partial charge in [-0.3, -0.25) is 4.57 Å². The number of hydrogen-bond donors (Lipinski definition) is 1. The van der Waals surface area contributed by atoms with Crippen molar-refractivity contribution in [1.29, 1.82) is 0 Å². The van der Waals surface area contributed by atoms with Gasteiger partial charge in [-0.25, -0.2) is 4.79 Å². The van der Waals surface area contributed by atoms with Crippen molar-refractivity contribution < 1.29 is 22.4 Å². The third kappa shape index (κ3) is 6.60. The van der Waals surface area contributed by atoms with Crippen LogP contribution in [0.1, 0.15) is 47.8 Å². The quantitative estimate of drug-likeness (QED) is 0.180. The van der Waals surface area contributed by atoms with Crippen LogP contribution in [0.25, 0.3) is 0 Å². The monoisotopic (exact) mass is 739 g/mol. The fraction of sp³-hybridized carbons (Fsp3) is 0.317. The molecule has 1 aliphatic heterocycles. The molecule has 0 radical (unpaired) electrons. The Morgan fingerprint density at radius 3 is 1.50 bits per heavy atom. The minimum Gasteiger partial charge on any atom is -0.405 e. The summed E-state index contributed by atoms with van der Waals surface area (Å²) in [6.45, 7) is 12.3. The fourth-order valence-corrected chi connectivity index (χ4v) is 17.0. The van der Waals surface area contributed by atoms with Crippen LogP contribution in [-0.2, 0) is 13.6 Å². The highest BCUT2D eigenvalue weighted by Gasteiger charge is 2.65. The van der Waals surface area contributed by atoms with E-state index in [0.717, 1.165) is 25.3 Å². The molecule has 6 rings (SSSR count). The molecule has 2 heterocycles. The van der Waals surface area contributed by atoms with E-state index in [0.29, 0.717) is 0 Å². The van der Waals surface area contributed by atoms with Crippen LogP contribution in [0.15, 0.2) is 138 Å². The lowest BCUT2D eigenvalue weighted by molar-refractivity contribution is -0.137. The Morgan fingerprint density at radius 2 is 1.12 bits per heavy atom. The molecule has 11 heteroatoms. The molecule has 4 aromatic carbocycles. The molecular weight excluding hydrogens is 693 g/mol. The predicted octanol–water partition coefficient (Wildman–Crippen LogP) is 5.88. The number of benzene rings is 4. The number of alkyl halides is 2. The average Bonchev–Trinajstić information content (AvgIpc) is 3.36. The van der Waals surface area contributed by atoms with Crippen molar-refractivity contribution in [2.45, 2.75) is 76.0 Å². The van der Waals surface area contributed by atoms with Crippen molar-refractivity contribution in [3.8, 4) is 0 Å². The molecule has 0 bridgehead atoms. The SMILES string of the molecule is CC(C)(C)[Si](OC[C@H]1O[C@H](n2ccc(N)nc2=O)C(F)(F)[C@@H]1O[Si](c1ccccc1)(c1ccccc1)C(C)(C)C)(c1ccccc1)c1ccccc1. The highest BCUT2D eigenvalue weighted by Crippen LogP contribution is 2.48. The summed E-state index contributed by atoms with van der Waals surface area (Å²) in [5, 5.41) is 2.63. The molecule has 0 unspecified atom stereocenters. The smallest absolute Gasteiger partial charge is 0.351 e. The maximum atomic E-state index is 17.4. The van der Waals surface area contributed by atoms with Crippen LogP contribution in [0.5, 0.6) is 0 Å². The van der Waals surface area contributed by atoms with Crippen molar-refractivity contribution >= 4 is 43.2 Å². The first-order valence-electron chi connectivity index (χ1n) is 17.5. The second kappa shape index (κ2) is 14.3. The van der Waals surface area contributed by atoms with Gasteiger partial charge in [0, 0.05) is 6.20 Å². The molecule has 0 saturated carbocycles. The van der Waals surface area contributed by atoms with E-state index in [-0.39, 0.29) is 12.4 Å². The van der Waals surface area contributed by atoms with Gasteiger partial charge in [-0.05, 0) is 36.9 Å². The van der Waals surface area contributed by atoms with Crippen LogP contribution < -0.4 is 32.2 Å². The molecular formula is C41H47F2N3O4Si2. The van der Waals surface area contributed by atoms with Crippen molar-refractivity contribution in [1.82, 2.24) is 9.55 Å². The number of rotatable bonds is 10. The molecule has 0 amide bonds. The predicted molar refractivity (Wildman–Crippen MR) is 208 cm³/mol. The summed E-state index contributed by atoms with van der Waals surface area (Å²) in [7, 11) is -6.77. The second-order valence-electron chi connectivity index (χ2n) is 15.4. The van der Waals surface area contributed by atoms with Crippen LogP contribution in [-0.4, -0.2) is 50.9 Å². The Hall–Kier alpha value is -4.27. The lowest BCUT2D eigenvalue weighted by Crippen LogP contribution is -2.70. The zero-order valence-electron chi connectivity index (χ0n) is 30.5. The Kier molecular flexibility index (Phi) is 10.3. The van der Waals surface area contributed by atoms with Gasteiger partial charge in [0.05, 0.1) is 6.61 Å². The van der Waals surface area contributed by atoms with Crippen LogP contribution in [0.2, 0.25) is 10.1 Å². The lowest BCUT2D eigenvalue weighted by atomic mass is 10.1. The van der Waals surface area contributed by atoms with Crippen molar-refractivity contribution in [3.63, 3.8) is 0 Å². The van der Waals surface area contributed by atoms with E-state index in [2.05, 4.69) is 25.8 Å². The van der Waals surface area contributed by atoms with Crippen LogP contribution in [0.4, 0.5) is 14.6 Å². The number of hydrogen-bond acceptors (Lipinski definition) is 6. The normalized spacial score (nSPS) is 19.4. The van der Waals surface area contributed by atoms with Gasteiger partial charge in [0.15, 0.2) is 0 Å². The van der Waals surface area contributed by atoms with Crippen LogP contribution in [0.3, 0.4) is 0 Å². The molecule has 52 heavy (non-hydrogen) atoms. The van der Waals surface area contributed by atoms with Crippen LogP contribution >= 0.6 is 0 Å². The lowest BCUT2D eigenvalue weighted by Gasteiger charge is -2.46. The van der Waals surface area contributed by atoms with E-state index < -0.39 is 56.8 Å². The summed E-state index contributed by atoms with van der Waals surface area (Å²) >= 11 is 0. The number of halogens is 2. The Morgan fingerprint density at radius 1 is 0.712 bits per heavy atom. The largest absolute Gasteiger partial charge is 0.405 e. The van der Waals surface area contributed by atoms with Gasteiger partial charge in [-0.1, -0.05) is 163 Å². The van der Waals surface area contributed by atoms with E-state index in [1.54, 1.807) is 0 Å². The molecule has 1 aliphatic rings. The van der Waals surface area contributed by atoms with Crippen LogP contribution in [0, 0.1) is 0 Å². The van der Waals surface area contributed by atoms with Crippen molar-refractivity contribution in [2.75, 3.05) is 12.3 Å². The first-order chi connectivity index (χ1) is 24.6. The van der Waals surface area contributed by atoms with Crippen molar-refractivity contribution in [3.05, 3.63) is 144 Å². The summed E-state index contributed by atoms with van der Waals surface area (Å²) in [6, 6.07) is 40.6. The maximum Gasteiger partial charge on any atom is 0.351 e. The van der Waals surface area contributed by atoms with Gasteiger partial charge in [0.25, 0.3) is 16.6 Å². The van der Waals surface area contributed by atoms with E-state index in [1.807, 2.05) is 142 Å². The van der Waals surface area contributed by atoms with Gasteiger partial charge < -0.3 is 19.3 Å². The van der Waals surface area contributed by atoms with Gasteiger partial charge >= 0.3 is 11.6 Å². The number of nitrogen functional groups attached to an aromatic ring is 1. The number of anilines is 1. The second-order valence-corrected chi connectivity index (χ2v) is 24.0. The minimum absolute atomic E-state index is 0.0748. The van der Waals surface area contributed by atoms with Gasteiger partial charge in [-0.15, -0.1) is 0 Å². The van der Waals surface area contributed by atoms with Gasteiger partial charge in [-0.2, -0.15) is 13.8 Å². The number of nitrogens with two attached hydrogens (primary N) is 1. The zero-order valence-corrected chi connectivity index (χ0v) is 32.5. The van der Waals surface area contributed by atoms with E-state index in [4.69, 9.17) is 19.3 Å². The standard InChI is InChI=1S/C41H47F2N3O4Si2/c1-39(2,3)51(30-19-11-7-12-20-30,31-21-13-8-14-22-31)48-29-34-36(41(42,43)37(49-34)46-28-27-35(44)45-38(46)47)50-52(40(4,5)6,32-23-15-9-16-24-32)33-25-17-10-18-26-33/h7-28,34,36-37H,29H2,1-6H3,(H2,44,45,47)/t34-,36-,37+/m1/s1. The molecule has 3 atom stereocenters. The Labute approximate surface area is 306 Å². The third-order valence-corrected chi connectivity index (χ3v) is 20.1. The van der Waals surface area contributed by atoms with Gasteiger partial charge in [0.2, 0.25) is 6.23 Å². The highest BCUT2D eigenvalue weighted by molar-refractivity contribution is 7.00. The fourth-order valence-electron chi connectivity index (χ4n) is 7.70. The molecule has 5 aromatic rings. The third-order valence-electron chi connectivity index (χ3n) is 10.1. The minimum atomic E-state index is -3.70. The number of nitrogens with zero attached hydrogens (tertiary/aromatic N) is 2. The molecule has 0 aliphatic carbocycles. The summed E-state index contributed by atoms with van der Waals surface area (Å²) in [4.78, 5) is 16.9. The summed E-state index contributed by atoms with van der Waals surface area (Å²) in [6.07, 6.45) is -3.92. The molecule has 0 spiro atoms. The molecule has 2 N–H and O–H groups in total. The average molecular weight is 740 g/mol. The number of ether oxygens (including phenoxy) is 1. The number of aromatic nitrogens is 2. The highest BCUT2D eigenvalue weighted by atomic mass is 28.4. The molecule has 1 fully saturated rings. The van der Waals surface area contributed by atoms with E-state index >= 15 is 8.78 Å². The maximum absolute atomic E-state index is 17.4. The summed E-state index contributed by atoms with van der Waals surface area (Å²) in [5.74, 6) is -3.78. The first-order valence-corrected chi connectivity index (χ1v) is 21.4. The Bertz CT molecular complexity index is 1930. The molecule has 7 nitrogen and oxygen atoms in total. The molecule has 1 aromatic heterocycles. The molecule has 1 saturated heterocycles. The Balaban J connectivity index is 1.54. The van der Waals surface area contributed by atoms with Crippen molar-refractivity contribution in [2.24, 2.45) is 0 Å². The topological polar surface area (TPSA) is 88.6 Å². The zero-order chi connectivity index (χ0) is 37.4. The van der Waals surface area contributed by atoms with E-state index in [1.165, 1.54) is 12.3 Å². The van der Waals surface area contributed by atoms with Gasteiger partial charge in [0.1, 0.15) is 18.0 Å². The molecule has 272 valence electrons. The first kappa shape index (κ1) is 37.5.